The molecular weight excluding hydrogens is 403 g/mol. The van der Waals surface area contributed by atoms with Gasteiger partial charge in [-0.2, -0.15) is 0 Å². The van der Waals surface area contributed by atoms with Crippen molar-refractivity contribution in [2.75, 3.05) is 13.2 Å². The standard InChI is InChI=1S/C27H53O3P/c1-12-14-15-27(13-2)18-28-31(29-19-27)30-23-21(25(6,7)8)16-20(24(3,4)5)17-22(23)26(9,10)11/h20-23H,12-19H2,1-11H3. The van der Waals surface area contributed by atoms with E-state index in [4.69, 9.17) is 13.6 Å². The van der Waals surface area contributed by atoms with Crippen LogP contribution in [0.4, 0.5) is 0 Å². The predicted molar refractivity (Wildman–Crippen MR) is 134 cm³/mol. The summed E-state index contributed by atoms with van der Waals surface area (Å²) < 4.78 is 19.5. The van der Waals surface area contributed by atoms with E-state index in [1.165, 1.54) is 32.1 Å². The molecule has 0 N–H and O–H groups in total. The molecule has 184 valence electrons. The van der Waals surface area contributed by atoms with Crippen molar-refractivity contribution < 1.29 is 13.6 Å². The molecule has 0 aromatic rings. The molecule has 2 unspecified atom stereocenters. The molecule has 1 saturated carbocycles. The summed E-state index contributed by atoms with van der Waals surface area (Å²) in [7, 11) is -1.26. The van der Waals surface area contributed by atoms with Gasteiger partial charge in [0.25, 0.3) is 0 Å². The molecule has 1 aliphatic heterocycles. The van der Waals surface area contributed by atoms with Crippen LogP contribution >= 0.6 is 8.60 Å². The monoisotopic (exact) mass is 456 g/mol. The third-order valence-corrected chi connectivity index (χ3v) is 9.39. The molecule has 2 rings (SSSR count). The quantitative estimate of drug-likeness (QED) is 0.373. The Balaban J connectivity index is 2.21. The molecule has 0 radical (unpaired) electrons. The van der Waals surface area contributed by atoms with Crippen molar-refractivity contribution in [1.82, 2.24) is 0 Å². The van der Waals surface area contributed by atoms with E-state index >= 15 is 0 Å². The predicted octanol–water partition coefficient (Wildman–Crippen LogP) is 9.01. The van der Waals surface area contributed by atoms with Crippen LogP contribution in [0.25, 0.3) is 0 Å². The third kappa shape index (κ3) is 7.14. The third-order valence-electron chi connectivity index (χ3n) is 8.29. The highest BCUT2D eigenvalue weighted by molar-refractivity contribution is 7.41. The molecule has 1 aliphatic carbocycles. The molecule has 0 amide bonds. The molecule has 2 fully saturated rings. The van der Waals surface area contributed by atoms with E-state index in [0.29, 0.717) is 23.2 Å². The van der Waals surface area contributed by atoms with E-state index < -0.39 is 8.60 Å². The topological polar surface area (TPSA) is 27.7 Å². The summed E-state index contributed by atoms with van der Waals surface area (Å²) in [6, 6.07) is 0. The fourth-order valence-electron chi connectivity index (χ4n) is 5.50. The second kappa shape index (κ2) is 10.3. The van der Waals surface area contributed by atoms with Gasteiger partial charge in [-0.25, -0.2) is 0 Å². The zero-order chi connectivity index (χ0) is 23.7. The lowest BCUT2D eigenvalue weighted by molar-refractivity contribution is -0.103. The Labute approximate surface area is 195 Å². The molecule has 0 spiro atoms. The molecule has 1 heterocycles. The van der Waals surface area contributed by atoms with E-state index in [0.717, 1.165) is 19.6 Å². The molecule has 31 heavy (non-hydrogen) atoms. The van der Waals surface area contributed by atoms with Crippen LogP contribution in [0.2, 0.25) is 0 Å². The summed E-state index contributed by atoms with van der Waals surface area (Å²) in [5.41, 5.74) is 0.880. The smallest absolute Gasteiger partial charge is 0.312 e. The molecular formula is C27H53O3P. The molecule has 0 aromatic heterocycles. The molecule has 4 heteroatoms. The van der Waals surface area contributed by atoms with Crippen molar-refractivity contribution in [1.29, 1.82) is 0 Å². The highest BCUT2D eigenvalue weighted by Crippen LogP contribution is 2.58. The highest BCUT2D eigenvalue weighted by atomic mass is 31.2. The van der Waals surface area contributed by atoms with E-state index in [-0.39, 0.29) is 22.3 Å². The van der Waals surface area contributed by atoms with Gasteiger partial charge in [0.15, 0.2) is 0 Å². The Bertz CT molecular complexity index is 522. The average Bonchev–Trinajstić information content (AvgIpc) is 2.65. The van der Waals surface area contributed by atoms with E-state index in [1.54, 1.807) is 0 Å². The number of rotatable bonds is 6. The Hall–Kier alpha value is 0.310. The van der Waals surface area contributed by atoms with Gasteiger partial charge in [0, 0.05) is 5.41 Å². The highest BCUT2D eigenvalue weighted by Gasteiger charge is 2.51. The van der Waals surface area contributed by atoms with Gasteiger partial charge in [-0.05, 0) is 59.7 Å². The van der Waals surface area contributed by atoms with Crippen LogP contribution in [0.15, 0.2) is 0 Å². The molecule has 1 saturated heterocycles. The minimum Gasteiger partial charge on any atom is -0.312 e. The van der Waals surface area contributed by atoms with Gasteiger partial charge in [-0.1, -0.05) is 89.0 Å². The van der Waals surface area contributed by atoms with Crippen molar-refractivity contribution in [2.24, 2.45) is 39.4 Å². The van der Waals surface area contributed by atoms with Crippen LogP contribution in [-0.2, 0) is 13.6 Å². The second-order valence-electron chi connectivity index (χ2n) is 13.8. The van der Waals surface area contributed by atoms with Crippen molar-refractivity contribution in [3.05, 3.63) is 0 Å². The lowest BCUT2D eigenvalue weighted by Crippen LogP contribution is -2.50. The second-order valence-corrected chi connectivity index (χ2v) is 15.0. The Morgan fingerprint density at radius 1 is 0.806 bits per heavy atom. The van der Waals surface area contributed by atoms with E-state index in [1.807, 2.05) is 0 Å². The Morgan fingerprint density at radius 2 is 1.29 bits per heavy atom. The Morgan fingerprint density at radius 3 is 1.65 bits per heavy atom. The van der Waals surface area contributed by atoms with Gasteiger partial charge >= 0.3 is 8.60 Å². The molecule has 2 atom stereocenters. The maximum Gasteiger partial charge on any atom is 0.332 e. The zero-order valence-corrected chi connectivity index (χ0v) is 23.5. The van der Waals surface area contributed by atoms with Crippen LogP contribution in [-0.4, -0.2) is 19.3 Å². The SMILES string of the molecule is CCCCC1(CC)COP(OC2C(C(C)(C)C)CC(C(C)(C)C)CC2C(C)(C)C)OC1. The zero-order valence-electron chi connectivity index (χ0n) is 22.6. The summed E-state index contributed by atoms with van der Waals surface area (Å²) in [6.45, 7) is 27.7. The van der Waals surface area contributed by atoms with Crippen LogP contribution in [0.3, 0.4) is 0 Å². The number of hydrogen-bond acceptors (Lipinski definition) is 3. The molecule has 0 bridgehead atoms. The first-order valence-corrected chi connectivity index (χ1v) is 14.0. The normalized spacial score (nSPS) is 35.9. The molecule has 0 aromatic carbocycles. The average molecular weight is 457 g/mol. The van der Waals surface area contributed by atoms with Crippen LogP contribution in [0.5, 0.6) is 0 Å². The largest absolute Gasteiger partial charge is 0.332 e. The summed E-state index contributed by atoms with van der Waals surface area (Å²) in [4.78, 5) is 0. The number of hydrogen-bond donors (Lipinski definition) is 0. The van der Waals surface area contributed by atoms with E-state index in [2.05, 4.69) is 76.2 Å². The minimum absolute atomic E-state index is 0.176. The van der Waals surface area contributed by atoms with Gasteiger partial charge in [0.2, 0.25) is 0 Å². The van der Waals surface area contributed by atoms with Crippen LogP contribution in [0, 0.1) is 39.4 Å². The van der Waals surface area contributed by atoms with Gasteiger partial charge in [-0.15, -0.1) is 0 Å². The van der Waals surface area contributed by atoms with Crippen molar-refractivity contribution >= 4 is 8.60 Å². The van der Waals surface area contributed by atoms with Gasteiger partial charge in [0.1, 0.15) is 0 Å². The minimum atomic E-state index is -1.26. The fraction of sp³-hybridized carbons (Fsp3) is 1.00. The first-order valence-electron chi connectivity index (χ1n) is 12.9. The molecule has 2 aliphatic rings. The van der Waals surface area contributed by atoms with Gasteiger partial charge in [0.05, 0.1) is 19.3 Å². The van der Waals surface area contributed by atoms with Gasteiger partial charge in [-0.3, -0.25) is 0 Å². The lowest BCUT2D eigenvalue weighted by Gasteiger charge is -2.54. The van der Waals surface area contributed by atoms with Gasteiger partial charge < -0.3 is 13.6 Å². The van der Waals surface area contributed by atoms with Crippen molar-refractivity contribution in [3.63, 3.8) is 0 Å². The first kappa shape index (κ1) is 27.6. The summed E-state index contributed by atoms with van der Waals surface area (Å²) >= 11 is 0. The first-order chi connectivity index (χ1) is 14.1. The van der Waals surface area contributed by atoms with Crippen LogP contribution in [0.1, 0.15) is 115 Å². The van der Waals surface area contributed by atoms with Crippen molar-refractivity contribution in [3.8, 4) is 0 Å². The number of unbranched alkanes of at least 4 members (excludes halogenated alkanes) is 1. The maximum atomic E-state index is 6.83. The lowest BCUT2D eigenvalue weighted by atomic mass is 9.55. The summed E-state index contributed by atoms with van der Waals surface area (Å²) in [5, 5.41) is 0. The van der Waals surface area contributed by atoms with Crippen LogP contribution < -0.4 is 0 Å². The van der Waals surface area contributed by atoms with Crippen molar-refractivity contribution in [2.45, 2.75) is 121 Å². The maximum absolute atomic E-state index is 6.83. The summed E-state index contributed by atoms with van der Waals surface area (Å²) in [6.07, 6.45) is 7.41. The molecule has 3 nitrogen and oxygen atoms in total. The Kier molecular flexibility index (Phi) is 9.14. The summed E-state index contributed by atoms with van der Waals surface area (Å²) in [5.74, 6) is 1.72. The fourth-order valence-corrected chi connectivity index (χ4v) is 6.95. The van der Waals surface area contributed by atoms with E-state index in [9.17, 15) is 0 Å².